The average molecular weight is 225 g/mol. The molecule has 6 nitrogen and oxygen atoms in total. The van der Waals surface area contributed by atoms with Crippen LogP contribution >= 0.6 is 0 Å². The number of rotatable bonds is 2. The second-order valence-corrected chi connectivity index (χ2v) is 3.60. The lowest BCUT2D eigenvalue weighted by Gasteiger charge is -2.27. The smallest absolute Gasteiger partial charge is 0.273 e. The predicted octanol–water partition coefficient (Wildman–Crippen LogP) is 1.12. The van der Waals surface area contributed by atoms with E-state index in [9.17, 15) is 15.2 Å². The molecule has 1 aromatic carbocycles. The molecule has 86 valence electrons. The Balaban J connectivity index is 2.28. The number of benzene rings is 1. The van der Waals surface area contributed by atoms with Gasteiger partial charge in [0.2, 0.25) is 0 Å². The van der Waals surface area contributed by atoms with Crippen molar-refractivity contribution in [2.45, 2.75) is 19.1 Å². The third-order valence-corrected chi connectivity index (χ3v) is 2.36. The minimum absolute atomic E-state index is 0.0615. The molecule has 2 rings (SSSR count). The van der Waals surface area contributed by atoms with E-state index in [2.05, 4.69) is 0 Å². The van der Waals surface area contributed by atoms with Crippen molar-refractivity contribution in [3.63, 3.8) is 0 Å². The lowest BCUT2D eigenvalue weighted by atomic mass is 10.2. The topological polar surface area (TPSA) is 81.8 Å². The van der Waals surface area contributed by atoms with E-state index < -0.39 is 17.1 Å². The van der Waals surface area contributed by atoms with Crippen LogP contribution in [0, 0.1) is 10.1 Å². The van der Waals surface area contributed by atoms with Crippen LogP contribution in [0.4, 0.5) is 5.69 Å². The Kier molecular flexibility index (Phi) is 2.66. The molecule has 1 aliphatic heterocycles. The lowest BCUT2D eigenvalue weighted by molar-refractivity contribution is -0.385. The van der Waals surface area contributed by atoms with Crippen molar-refractivity contribution in [1.29, 1.82) is 0 Å². The second kappa shape index (κ2) is 3.97. The van der Waals surface area contributed by atoms with Crippen LogP contribution in [0.15, 0.2) is 18.2 Å². The standard InChI is InChI=1S/C10H11NO5/c1-6(12)10-5-15-8-3-2-7(11(13)14)4-9(8)16-10/h2-4,6,10,12H,5H2,1H3/t6?,10-/m0/s1. The summed E-state index contributed by atoms with van der Waals surface area (Å²) in [5, 5.41) is 19.9. The summed E-state index contributed by atoms with van der Waals surface area (Å²) < 4.78 is 10.7. The number of nitro benzene ring substituents is 1. The zero-order valence-electron chi connectivity index (χ0n) is 8.62. The second-order valence-electron chi connectivity index (χ2n) is 3.60. The van der Waals surface area contributed by atoms with E-state index in [0.29, 0.717) is 11.5 Å². The molecule has 1 N–H and O–H groups in total. The molecule has 6 heteroatoms. The highest BCUT2D eigenvalue weighted by Crippen LogP contribution is 2.35. The fraction of sp³-hybridized carbons (Fsp3) is 0.400. The molecule has 16 heavy (non-hydrogen) atoms. The Morgan fingerprint density at radius 1 is 1.56 bits per heavy atom. The predicted molar refractivity (Wildman–Crippen MR) is 54.7 cm³/mol. The largest absolute Gasteiger partial charge is 0.486 e. The summed E-state index contributed by atoms with van der Waals surface area (Å²) in [5.41, 5.74) is -0.0615. The van der Waals surface area contributed by atoms with Crippen molar-refractivity contribution >= 4 is 5.69 Å². The van der Waals surface area contributed by atoms with E-state index in [4.69, 9.17) is 9.47 Å². The van der Waals surface area contributed by atoms with Gasteiger partial charge in [0.25, 0.3) is 5.69 Å². The molecule has 0 bridgehead atoms. The minimum Gasteiger partial charge on any atom is -0.486 e. The molecular formula is C10H11NO5. The molecule has 0 saturated heterocycles. The van der Waals surface area contributed by atoms with Crippen molar-refractivity contribution < 1.29 is 19.5 Å². The maximum atomic E-state index is 10.6. The molecule has 1 aromatic rings. The highest BCUT2D eigenvalue weighted by molar-refractivity contribution is 5.49. The SMILES string of the molecule is CC(O)[C@@H]1COc2ccc([N+](=O)[O-])cc2O1. The quantitative estimate of drug-likeness (QED) is 0.602. The normalized spacial score (nSPS) is 20.2. The molecule has 1 aliphatic rings. The Morgan fingerprint density at radius 2 is 2.31 bits per heavy atom. The number of aliphatic hydroxyl groups is 1. The van der Waals surface area contributed by atoms with Gasteiger partial charge in [-0.2, -0.15) is 0 Å². The lowest BCUT2D eigenvalue weighted by Crippen LogP contribution is -2.37. The highest BCUT2D eigenvalue weighted by Gasteiger charge is 2.26. The van der Waals surface area contributed by atoms with Crippen LogP contribution in [0.3, 0.4) is 0 Å². The molecule has 0 aromatic heterocycles. The minimum atomic E-state index is -0.688. The number of ether oxygens (including phenoxy) is 2. The first-order valence-corrected chi connectivity index (χ1v) is 4.84. The Morgan fingerprint density at radius 3 is 2.94 bits per heavy atom. The number of aliphatic hydroxyl groups excluding tert-OH is 1. The van der Waals surface area contributed by atoms with E-state index in [1.165, 1.54) is 18.2 Å². The number of hydrogen-bond acceptors (Lipinski definition) is 5. The molecule has 0 amide bonds. The molecule has 1 unspecified atom stereocenters. The summed E-state index contributed by atoms with van der Waals surface area (Å²) in [4.78, 5) is 10.1. The first-order chi connectivity index (χ1) is 7.58. The number of nitro groups is 1. The van der Waals surface area contributed by atoms with Crippen LogP contribution in [-0.4, -0.2) is 28.8 Å². The number of non-ortho nitro benzene ring substituents is 1. The molecule has 0 saturated carbocycles. The van der Waals surface area contributed by atoms with Crippen LogP contribution in [0.1, 0.15) is 6.92 Å². The van der Waals surface area contributed by atoms with Gasteiger partial charge in [-0.15, -0.1) is 0 Å². The maximum Gasteiger partial charge on any atom is 0.273 e. The van der Waals surface area contributed by atoms with Gasteiger partial charge < -0.3 is 14.6 Å². The monoisotopic (exact) mass is 225 g/mol. The fourth-order valence-corrected chi connectivity index (χ4v) is 1.43. The van der Waals surface area contributed by atoms with Crippen molar-refractivity contribution in [3.8, 4) is 11.5 Å². The molecule has 0 radical (unpaired) electrons. The first-order valence-electron chi connectivity index (χ1n) is 4.84. The molecule has 0 fully saturated rings. The van der Waals surface area contributed by atoms with E-state index >= 15 is 0 Å². The van der Waals surface area contributed by atoms with Gasteiger partial charge in [-0.05, 0) is 13.0 Å². The fourth-order valence-electron chi connectivity index (χ4n) is 1.43. The highest BCUT2D eigenvalue weighted by atomic mass is 16.6. The number of nitrogens with zero attached hydrogens (tertiary/aromatic N) is 1. The Hall–Kier alpha value is -1.82. The summed E-state index contributed by atoms with van der Waals surface area (Å²) in [6, 6.07) is 4.14. The van der Waals surface area contributed by atoms with E-state index in [1.807, 2.05) is 0 Å². The number of hydrogen-bond donors (Lipinski definition) is 1. The summed E-state index contributed by atoms with van der Waals surface area (Å²) >= 11 is 0. The van der Waals surface area contributed by atoms with Crippen LogP contribution in [0.5, 0.6) is 11.5 Å². The summed E-state index contributed by atoms with van der Waals surface area (Å²) in [6.45, 7) is 1.82. The van der Waals surface area contributed by atoms with E-state index in [0.717, 1.165) is 0 Å². The van der Waals surface area contributed by atoms with Gasteiger partial charge in [-0.25, -0.2) is 0 Å². The number of fused-ring (bicyclic) bond motifs is 1. The van der Waals surface area contributed by atoms with Gasteiger partial charge in [0, 0.05) is 6.07 Å². The molecule has 0 aliphatic carbocycles. The van der Waals surface area contributed by atoms with Crippen LogP contribution in [-0.2, 0) is 0 Å². The van der Waals surface area contributed by atoms with Crippen LogP contribution in [0.2, 0.25) is 0 Å². The zero-order chi connectivity index (χ0) is 11.7. The Bertz CT molecular complexity index is 418. The van der Waals surface area contributed by atoms with Gasteiger partial charge in [0.15, 0.2) is 17.6 Å². The zero-order valence-corrected chi connectivity index (χ0v) is 8.62. The maximum absolute atomic E-state index is 10.6. The Labute approximate surface area is 91.6 Å². The van der Waals surface area contributed by atoms with Crippen molar-refractivity contribution in [2.75, 3.05) is 6.61 Å². The molecule has 2 atom stereocenters. The van der Waals surface area contributed by atoms with E-state index in [-0.39, 0.29) is 12.3 Å². The third kappa shape index (κ3) is 1.92. The van der Waals surface area contributed by atoms with Crippen LogP contribution < -0.4 is 9.47 Å². The van der Waals surface area contributed by atoms with Gasteiger partial charge in [0.05, 0.1) is 17.1 Å². The van der Waals surface area contributed by atoms with Gasteiger partial charge >= 0.3 is 0 Å². The molecule has 1 heterocycles. The van der Waals surface area contributed by atoms with Crippen molar-refractivity contribution in [3.05, 3.63) is 28.3 Å². The van der Waals surface area contributed by atoms with Gasteiger partial charge in [-0.1, -0.05) is 0 Å². The van der Waals surface area contributed by atoms with Crippen molar-refractivity contribution in [1.82, 2.24) is 0 Å². The van der Waals surface area contributed by atoms with Crippen molar-refractivity contribution in [2.24, 2.45) is 0 Å². The van der Waals surface area contributed by atoms with Crippen LogP contribution in [0.25, 0.3) is 0 Å². The summed E-state index contributed by atoms with van der Waals surface area (Å²) in [6.07, 6.45) is -1.18. The van der Waals surface area contributed by atoms with Gasteiger partial charge in [-0.3, -0.25) is 10.1 Å². The summed E-state index contributed by atoms with van der Waals surface area (Å²) in [5.74, 6) is 0.758. The molecular weight excluding hydrogens is 214 g/mol. The molecule has 0 spiro atoms. The first kappa shape index (κ1) is 10.7. The van der Waals surface area contributed by atoms with Gasteiger partial charge in [0.1, 0.15) is 6.61 Å². The average Bonchev–Trinajstić information content (AvgIpc) is 2.27. The third-order valence-electron chi connectivity index (χ3n) is 2.36. The summed E-state index contributed by atoms with van der Waals surface area (Å²) in [7, 11) is 0. The van der Waals surface area contributed by atoms with E-state index in [1.54, 1.807) is 6.92 Å².